The molecular weight excluding hydrogens is 286 g/mol. The Bertz CT molecular complexity index is 748. The van der Waals surface area contributed by atoms with E-state index in [0.29, 0.717) is 11.6 Å². The van der Waals surface area contributed by atoms with E-state index in [4.69, 9.17) is 0 Å². The first-order chi connectivity index (χ1) is 10.2. The highest BCUT2D eigenvalue weighted by Crippen LogP contribution is 2.24. The summed E-state index contributed by atoms with van der Waals surface area (Å²) in [5, 5.41) is 3.14. The normalized spacial score (nSPS) is 11.0. The highest BCUT2D eigenvalue weighted by molar-refractivity contribution is 7.09. The molecule has 0 spiro atoms. The number of aryl methyl sites for hydroxylation is 1. The van der Waals surface area contributed by atoms with Gasteiger partial charge < -0.3 is 15.2 Å². The fraction of sp³-hybridized carbons (Fsp3) is 0.385. The number of hydrogen-bond donors (Lipinski definition) is 2. The lowest BCUT2D eigenvalue weighted by atomic mass is 10.3. The molecule has 0 bridgehead atoms. The molecule has 0 aliphatic heterocycles. The minimum absolute atomic E-state index is 0.597. The topological polar surface area (TPSA) is 82.6 Å². The van der Waals surface area contributed by atoms with Crippen LogP contribution in [0.25, 0.3) is 11.2 Å². The molecule has 7 nitrogen and oxygen atoms in total. The molecule has 3 aromatic heterocycles. The number of H-pyrrole nitrogens is 1. The van der Waals surface area contributed by atoms with E-state index in [1.807, 2.05) is 26.4 Å². The molecule has 0 fully saturated rings. The average Bonchev–Trinajstić information content (AvgIpc) is 3.08. The van der Waals surface area contributed by atoms with Gasteiger partial charge in [-0.2, -0.15) is 9.97 Å². The maximum absolute atomic E-state index is 4.59. The van der Waals surface area contributed by atoms with Crippen molar-refractivity contribution in [1.82, 2.24) is 24.9 Å². The third kappa shape index (κ3) is 2.66. The molecule has 0 saturated carbocycles. The number of aromatic nitrogens is 5. The van der Waals surface area contributed by atoms with E-state index in [9.17, 15) is 0 Å². The van der Waals surface area contributed by atoms with Crippen LogP contribution in [0.5, 0.6) is 0 Å². The second-order valence-electron chi connectivity index (χ2n) is 4.72. The van der Waals surface area contributed by atoms with E-state index in [-0.39, 0.29) is 0 Å². The first-order valence-electron chi connectivity index (χ1n) is 6.74. The third-order valence-electron chi connectivity index (χ3n) is 3.19. The van der Waals surface area contributed by atoms with Crippen LogP contribution in [0, 0.1) is 6.92 Å². The Labute approximate surface area is 126 Å². The Morgan fingerprint density at radius 3 is 2.90 bits per heavy atom. The van der Waals surface area contributed by atoms with E-state index in [1.165, 1.54) is 4.88 Å². The zero-order valence-corrected chi connectivity index (χ0v) is 13.0. The fourth-order valence-corrected chi connectivity index (χ4v) is 2.93. The van der Waals surface area contributed by atoms with Gasteiger partial charge in [0.25, 0.3) is 0 Å². The summed E-state index contributed by atoms with van der Waals surface area (Å²) in [6, 6.07) is 0. The quantitative estimate of drug-likeness (QED) is 0.752. The summed E-state index contributed by atoms with van der Waals surface area (Å²) >= 11 is 1.66. The molecule has 21 heavy (non-hydrogen) atoms. The molecule has 0 atom stereocenters. The number of rotatable bonds is 5. The summed E-state index contributed by atoms with van der Waals surface area (Å²) in [5.41, 5.74) is 4.45. The second-order valence-corrected chi connectivity index (χ2v) is 5.66. The standard InChI is InChI=1S/C13H17N7S/c1-4-14-13-18-11-10(15-6-16-11)12(19-13)20(3)5-9-8(2)17-7-21-9/h6-7H,4-5H2,1-3H3,(H2,14,15,16,18,19). The number of fused-ring (bicyclic) bond motifs is 1. The van der Waals surface area contributed by atoms with Gasteiger partial charge in [-0.25, -0.2) is 9.97 Å². The molecule has 110 valence electrons. The van der Waals surface area contributed by atoms with Crippen LogP contribution in [-0.4, -0.2) is 38.5 Å². The summed E-state index contributed by atoms with van der Waals surface area (Å²) in [4.78, 5) is 23.9. The molecule has 0 radical (unpaired) electrons. The Kier molecular flexibility index (Phi) is 3.70. The van der Waals surface area contributed by atoms with Crippen LogP contribution >= 0.6 is 11.3 Å². The average molecular weight is 303 g/mol. The highest BCUT2D eigenvalue weighted by Gasteiger charge is 2.15. The van der Waals surface area contributed by atoms with Gasteiger partial charge in [0.05, 0.1) is 24.1 Å². The van der Waals surface area contributed by atoms with Gasteiger partial charge in [0.1, 0.15) is 5.52 Å². The lowest BCUT2D eigenvalue weighted by molar-refractivity contribution is 0.900. The maximum atomic E-state index is 4.59. The van der Waals surface area contributed by atoms with Crippen molar-refractivity contribution in [3.8, 4) is 0 Å². The Morgan fingerprint density at radius 1 is 1.33 bits per heavy atom. The molecule has 0 aromatic carbocycles. The van der Waals surface area contributed by atoms with Crippen LogP contribution < -0.4 is 10.2 Å². The number of nitrogens with zero attached hydrogens (tertiary/aromatic N) is 5. The molecule has 0 amide bonds. The number of aromatic amines is 1. The summed E-state index contributed by atoms with van der Waals surface area (Å²) in [5.74, 6) is 1.43. The van der Waals surface area contributed by atoms with Crippen molar-refractivity contribution < 1.29 is 0 Å². The second kappa shape index (κ2) is 5.65. The predicted octanol–water partition coefficient (Wildman–Crippen LogP) is 2.19. The van der Waals surface area contributed by atoms with Crippen molar-refractivity contribution in [2.75, 3.05) is 23.8 Å². The zero-order valence-electron chi connectivity index (χ0n) is 12.2. The van der Waals surface area contributed by atoms with Gasteiger partial charge in [-0.15, -0.1) is 11.3 Å². The first kappa shape index (κ1) is 13.7. The minimum Gasteiger partial charge on any atom is -0.354 e. The molecule has 0 saturated heterocycles. The molecule has 0 aliphatic carbocycles. The molecular formula is C13H17N7S. The zero-order chi connectivity index (χ0) is 14.8. The van der Waals surface area contributed by atoms with E-state index in [1.54, 1.807) is 17.7 Å². The van der Waals surface area contributed by atoms with Crippen molar-refractivity contribution in [2.24, 2.45) is 0 Å². The largest absolute Gasteiger partial charge is 0.354 e. The van der Waals surface area contributed by atoms with Gasteiger partial charge >= 0.3 is 0 Å². The lowest BCUT2D eigenvalue weighted by Crippen LogP contribution is -2.19. The third-order valence-corrected chi connectivity index (χ3v) is 4.11. The Hall–Kier alpha value is -2.22. The van der Waals surface area contributed by atoms with Crippen LogP contribution in [0.15, 0.2) is 11.8 Å². The van der Waals surface area contributed by atoms with Crippen LogP contribution in [0.2, 0.25) is 0 Å². The molecule has 3 aromatic rings. The summed E-state index contributed by atoms with van der Waals surface area (Å²) in [6.07, 6.45) is 1.64. The fourth-order valence-electron chi connectivity index (χ4n) is 2.10. The molecule has 3 rings (SSSR count). The first-order valence-corrected chi connectivity index (χ1v) is 7.62. The number of thiazole rings is 1. The van der Waals surface area contributed by atoms with Gasteiger partial charge in [0.2, 0.25) is 5.95 Å². The van der Waals surface area contributed by atoms with Gasteiger partial charge in [0, 0.05) is 18.5 Å². The van der Waals surface area contributed by atoms with Gasteiger partial charge in [-0.05, 0) is 13.8 Å². The molecule has 2 N–H and O–H groups in total. The smallest absolute Gasteiger partial charge is 0.226 e. The molecule has 8 heteroatoms. The van der Waals surface area contributed by atoms with E-state index in [2.05, 4.69) is 35.1 Å². The van der Waals surface area contributed by atoms with Crippen molar-refractivity contribution in [1.29, 1.82) is 0 Å². The minimum atomic E-state index is 0.597. The van der Waals surface area contributed by atoms with Crippen molar-refractivity contribution in [3.63, 3.8) is 0 Å². The van der Waals surface area contributed by atoms with Crippen LogP contribution in [0.4, 0.5) is 11.8 Å². The summed E-state index contributed by atoms with van der Waals surface area (Å²) in [7, 11) is 2.01. The van der Waals surface area contributed by atoms with E-state index < -0.39 is 0 Å². The SMILES string of the molecule is CCNc1nc(N(C)Cc2scnc2C)c2[nH]cnc2n1. The Morgan fingerprint density at radius 2 is 2.19 bits per heavy atom. The van der Waals surface area contributed by atoms with E-state index in [0.717, 1.165) is 30.1 Å². The van der Waals surface area contributed by atoms with E-state index >= 15 is 0 Å². The van der Waals surface area contributed by atoms with Crippen LogP contribution in [0.3, 0.4) is 0 Å². The molecule has 3 heterocycles. The Balaban J connectivity index is 1.97. The predicted molar refractivity (Wildman–Crippen MR) is 84.8 cm³/mol. The van der Waals surface area contributed by atoms with Crippen LogP contribution in [0.1, 0.15) is 17.5 Å². The summed E-state index contributed by atoms with van der Waals surface area (Å²) < 4.78 is 0. The molecule has 0 unspecified atom stereocenters. The number of anilines is 2. The van der Waals surface area contributed by atoms with Gasteiger partial charge in [0.15, 0.2) is 11.5 Å². The number of hydrogen-bond acceptors (Lipinski definition) is 7. The number of imidazole rings is 1. The van der Waals surface area contributed by atoms with Crippen LogP contribution in [-0.2, 0) is 6.54 Å². The molecule has 0 aliphatic rings. The van der Waals surface area contributed by atoms with Crippen molar-refractivity contribution in [2.45, 2.75) is 20.4 Å². The van der Waals surface area contributed by atoms with Gasteiger partial charge in [-0.1, -0.05) is 0 Å². The summed E-state index contributed by atoms with van der Waals surface area (Å²) in [6.45, 7) is 5.57. The lowest BCUT2D eigenvalue weighted by Gasteiger charge is -2.18. The van der Waals surface area contributed by atoms with Crippen molar-refractivity contribution in [3.05, 3.63) is 22.4 Å². The van der Waals surface area contributed by atoms with Crippen molar-refractivity contribution >= 4 is 34.3 Å². The number of nitrogens with one attached hydrogen (secondary N) is 2. The monoisotopic (exact) mass is 303 g/mol. The van der Waals surface area contributed by atoms with Gasteiger partial charge in [-0.3, -0.25) is 0 Å². The highest BCUT2D eigenvalue weighted by atomic mass is 32.1. The maximum Gasteiger partial charge on any atom is 0.226 e.